The molecule has 3 N–H and O–H groups in total. The number of benzene rings is 3. The maximum absolute atomic E-state index is 13.4. The van der Waals surface area contributed by atoms with Crippen LogP contribution in [0, 0.1) is 0 Å². The van der Waals surface area contributed by atoms with Gasteiger partial charge in [-0.05, 0) is 43.9 Å². The maximum atomic E-state index is 13.4. The molecule has 9 heteroatoms. The molecule has 4 aromatic rings. The van der Waals surface area contributed by atoms with E-state index in [9.17, 15) is 9.59 Å². The maximum Gasteiger partial charge on any atom is 0.407 e. The Bertz CT molecular complexity index is 1400. The topological polar surface area (TPSA) is 101 Å². The molecule has 0 aliphatic carbocycles. The summed E-state index contributed by atoms with van der Waals surface area (Å²) in [6.07, 6.45) is 1.81. The van der Waals surface area contributed by atoms with Crippen LogP contribution in [0.15, 0.2) is 97.2 Å². The van der Waals surface area contributed by atoms with Crippen molar-refractivity contribution >= 4 is 23.6 Å². The normalized spacial score (nSPS) is 15.2. The zero-order valence-electron chi connectivity index (χ0n) is 24.5. The van der Waals surface area contributed by atoms with E-state index < -0.39 is 17.2 Å². The Hall–Kier alpha value is -4.79. The van der Waals surface area contributed by atoms with Gasteiger partial charge >= 0.3 is 12.1 Å². The molecule has 1 aliphatic rings. The average Bonchev–Trinajstić information content (AvgIpc) is 3.58. The second-order valence-corrected chi connectivity index (χ2v) is 11.5. The summed E-state index contributed by atoms with van der Waals surface area (Å²) in [6, 6.07) is 30.3. The van der Waals surface area contributed by atoms with Crippen LogP contribution in [-0.4, -0.2) is 51.5 Å². The average molecular weight is 567 g/mol. The summed E-state index contributed by atoms with van der Waals surface area (Å²) < 4.78 is 7.11. The fourth-order valence-electron chi connectivity index (χ4n) is 5.37. The zero-order chi connectivity index (χ0) is 29.7. The van der Waals surface area contributed by atoms with Gasteiger partial charge in [0.25, 0.3) is 0 Å². The smallest absolute Gasteiger partial charge is 0.407 e. The minimum atomic E-state index is -0.785. The zero-order valence-corrected chi connectivity index (χ0v) is 24.5. The van der Waals surface area contributed by atoms with Crippen molar-refractivity contribution in [2.24, 2.45) is 7.05 Å². The van der Waals surface area contributed by atoms with Gasteiger partial charge in [0.2, 0.25) is 0 Å². The van der Waals surface area contributed by atoms with Crippen LogP contribution >= 0.6 is 0 Å². The third-order valence-corrected chi connectivity index (χ3v) is 7.30. The summed E-state index contributed by atoms with van der Waals surface area (Å²) >= 11 is 0. The summed E-state index contributed by atoms with van der Waals surface area (Å²) in [6.45, 7) is 6.36. The van der Waals surface area contributed by atoms with Crippen molar-refractivity contribution in [2.75, 3.05) is 23.7 Å². The molecule has 0 saturated carbocycles. The number of anilines is 2. The van der Waals surface area contributed by atoms with Gasteiger partial charge in [0, 0.05) is 20.1 Å². The predicted molar refractivity (Wildman–Crippen MR) is 164 cm³/mol. The SMILES string of the molecule is Cn1ncc(NC(=O)N2CC[C@@H](NC(=O)OC(C)(C)C)C2)c1NC(c1ccccc1)(c1ccccc1)c1ccccc1. The molecule has 42 heavy (non-hydrogen) atoms. The number of amides is 3. The highest BCUT2D eigenvalue weighted by Gasteiger charge is 2.38. The standard InChI is InChI=1S/C33H38N6O3/c1-32(2,3)42-31(41)35-27-20-21-39(23-27)30(40)36-28-22-34-38(4)29(28)37-33(24-14-8-5-9-15-24,25-16-10-6-11-17-25)26-18-12-7-13-19-26/h5-19,22,27,37H,20-21,23H2,1-4H3,(H,35,41)(H,36,40)/t27-/m1/s1. The van der Waals surface area contributed by atoms with E-state index in [4.69, 9.17) is 4.74 Å². The van der Waals surface area contributed by atoms with E-state index in [0.717, 1.165) is 16.7 Å². The number of alkyl carbamates (subject to hydrolysis) is 1. The van der Waals surface area contributed by atoms with Crippen LogP contribution in [0.3, 0.4) is 0 Å². The predicted octanol–water partition coefficient (Wildman–Crippen LogP) is 5.96. The first kappa shape index (κ1) is 28.7. The van der Waals surface area contributed by atoms with Gasteiger partial charge in [0.15, 0.2) is 0 Å². The number of aryl methyl sites for hydroxylation is 1. The number of nitrogens with one attached hydrogen (secondary N) is 3. The second kappa shape index (κ2) is 12.0. The number of nitrogens with zero attached hydrogens (tertiary/aromatic N) is 3. The number of carbonyl (C=O) groups is 2. The lowest BCUT2D eigenvalue weighted by molar-refractivity contribution is 0.0506. The summed E-state index contributed by atoms with van der Waals surface area (Å²) in [5.74, 6) is 0.655. The first-order valence-electron chi connectivity index (χ1n) is 14.2. The minimum absolute atomic E-state index is 0.181. The molecule has 218 valence electrons. The van der Waals surface area contributed by atoms with E-state index in [1.807, 2.05) is 82.4 Å². The van der Waals surface area contributed by atoms with Crippen molar-refractivity contribution in [1.29, 1.82) is 0 Å². The van der Waals surface area contributed by atoms with Crippen LogP contribution in [0.2, 0.25) is 0 Å². The summed E-state index contributed by atoms with van der Waals surface area (Å²) in [4.78, 5) is 27.4. The molecular formula is C33H38N6O3. The molecule has 1 aliphatic heterocycles. The van der Waals surface area contributed by atoms with Crippen LogP contribution in [-0.2, 0) is 17.3 Å². The van der Waals surface area contributed by atoms with Gasteiger partial charge in [-0.25, -0.2) is 9.59 Å². The van der Waals surface area contributed by atoms with E-state index in [1.165, 1.54) is 0 Å². The Labute approximate surface area is 246 Å². The molecule has 0 unspecified atom stereocenters. The molecule has 1 fully saturated rings. The van der Waals surface area contributed by atoms with Crippen molar-refractivity contribution in [2.45, 2.75) is 44.4 Å². The van der Waals surface area contributed by atoms with Gasteiger partial charge in [0.1, 0.15) is 22.6 Å². The third-order valence-electron chi connectivity index (χ3n) is 7.30. The minimum Gasteiger partial charge on any atom is -0.444 e. The van der Waals surface area contributed by atoms with E-state index in [2.05, 4.69) is 57.4 Å². The molecule has 0 bridgehead atoms. The molecule has 1 aromatic heterocycles. The number of carbonyl (C=O) groups excluding carboxylic acids is 2. The fourth-order valence-corrected chi connectivity index (χ4v) is 5.37. The van der Waals surface area contributed by atoms with Crippen molar-refractivity contribution in [3.05, 3.63) is 114 Å². The highest BCUT2D eigenvalue weighted by molar-refractivity contribution is 5.93. The summed E-state index contributed by atoms with van der Waals surface area (Å²) in [5.41, 5.74) is 2.30. The molecule has 5 rings (SSSR count). The highest BCUT2D eigenvalue weighted by Crippen LogP contribution is 2.41. The summed E-state index contributed by atoms with van der Waals surface area (Å²) in [7, 11) is 1.85. The van der Waals surface area contributed by atoms with Crippen molar-refractivity contribution in [3.63, 3.8) is 0 Å². The van der Waals surface area contributed by atoms with Gasteiger partial charge in [-0.15, -0.1) is 0 Å². The molecule has 2 heterocycles. The molecule has 9 nitrogen and oxygen atoms in total. The summed E-state index contributed by atoms with van der Waals surface area (Å²) in [5, 5.41) is 14.2. The monoisotopic (exact) mass is 566 g/mol. The molecular weight excluding hydrogens is 528 g/mol. The Morgan fingerprint density at radius 3 is 1.88 bits per heavy atom. The Balaban J connectivity index is 1.43. The van der Waals surface area contributed by atoms with E-state index in [0.29, 0.717) is 31.0 Å². The van der Waals surface area contributed by atoms with Crippen LogP contribution in [0.25, 0.3) is 0 Å². The van der Waals surface area contributed by atoms with Crippen molar-refractivity contribution in [1.82, 2.24) is 20.0 Å². The molecule has 1 atom stereocenters. The first-order chi connectivity index (χ1) is 20.2. The first-order valence-corrected chi connectivity index (χ1v) is 14.2. The van der Waals surface area contributed by atoms with E-state index in [-0.39, 0.29) is 12.1 Å². The molecule has 3 amide bonds. The van der Waals surface area contributed by atoms with Gasteiger partial charge in [-0.3, -0.25) is 4.68 Å². The number of urea groups is 1. The van der Waals surface area contributed by atoms with Crippen LogP contribution in [0.1, 0.15) is 43.9 Å². The van der Waals surface area contributed by atoms with Gasteiger partial charge in [-0.1, -0.05) is 91.0 Å². The van der Waals surface area contributed by atoms with Crippen LogP contribution in [0.4, 0.5) is 21.1 Å². The number of likely N-dealkylation sites (tertiary alicyclic amines) is 1. The molecule has 0 radical (unpaired) electrons. The molecule has 1 saturated heterocycles. The second-order valence-electron chi connectivity index (χ2n) is 11.5. The number of ether oxygens (including phenoxy) is 1. The molecule has 0 spiro atoms. The number of rotatable bonds is 7. The quantitative estimate of drug-likeness (QED) is 0.240. The molecule has 3 aromatic carbocycles. The van der Waals surface area contributed by atoms with Gasteiger partial charge in [-0.2, -0.15) is 5.10 Å². The lowest BCUT2D eigenvalue weighted by Gasteiger charge is -2.38. The fraction of sp³-hybridized carbons (Fsp3) is 0.303. The largest absolute Gasteiger partial charge is 0.444 e. The Morgan fingerprint density at radius 2 is 1.38 bits per heavy atom. The van der Waals surface area contributed by atoms with Crippen molar-refractivity contribution < 1.29 is 14.3 Å². The number of aromatic nitrogens is 2. The Kier molecular flexibility index (Phi) is 8.20. The highest BCUT2D eigenvalue weighted by atomic mass is 16.6. The van der Waals surface area contributed by atoms with Crippen LogP contribution < -0.4 is 16.0 Å². The van der Waals surface area contributed by atoms with E-state index >= 15 is 0 Å². The van der Waals surface area contributed by atoms with E-state index in [1.54, 1.807) is 15.8 Å². The number of hydrogen-bond acceptors (Lipinski definition) is 5. The third kappa shape index (κ3) is 6.25. The lowest BCUT2D eigenvalue weighted by atomic mass is 9.77. The Morgan fingerprint density at radius 1 is 0.857 bits per heavy atom. The van der Waals surface area contributed by atoms with Gasteiger partial charge in [0.05, 0.1) is 12.2 Å². The van der Waals surface area contributed by atoms with Gasteiger partial charge < -0.3 is 25.6 Å². The lowest BCUT2D eigenvalue weighted by Crippen LogP contribution is -2.42. The van der Waals surface area contributed by atoms with Crippen LogP contribution in [0.5, 0.6) is 0 Å². The van der Waals surface area contributed by atoms with Crippen molar-refractivity contribution in [3.8, 4) is 0 Å². The number of hydrogen-bond donors (Lipinski definition) is 3.